The molecule has 2 aromatic rings. The quantitative estimate of drug-likeness (QED) is 0.402. The molecule has 0 aliphatic carbocycles. The van der Waals surface area contributed by atoms with Crippen molar-refractivity contribution < 1.29 is 24.6 Å². The molecule has 0 saturated carbocycles. The molecule has 5 atom stereocenters. The lowest BCUT2D eigenvalue weighted by atomic mass is 9.72. The van der Waals surface area contributed by atoms with E-state index in [0.29, 0.717) is 15.7 Å². The van der Waals surface area contributed by atoms with Gasteiger partial charge in [0.1, 0.15) is 11.5 Å². The molecule has 2 fully saturated rings. The van der Waals surface area contributed by atoms with Crippen molar-refractivity contribution in [1.29, 1.82) is 0 Å². The maximum Gasteiger partial charge on any atom is 0.310 e. The van der Waals surface area contributed by atoms with Gasteiger partial charge in [-0.25, -0.2) is 0 Å². The zero-order valence-corrected chi connectivity index (χ0v) is 25.3. The van der Waals surface area contributed by atoms with E-state index in [1.807, 2.05) is 20.8 Å². The van der Waals surface area contributed by atoms with Crippen LogP contribution in [0.1, 0.15) is 39.7 Å². The van der Waals surface area contributed by atoms with Crippen molar-refractivity contribution >= 4 is 75.6 Å². The number of hydrogen-bond acceptors (Lipinski definition) is 5. The van der Waals surface area contributed by atoms with Crippen molar-refractivity contribution in [3.05, 3.63) is 56.0 Å². The van der Waals surface area contributed by atoms with Gasteiger partial charge in [-0.05, 0) is 49.1 Å². The van der Waals surface area contributed by atoms with E-state index in [4.69, 9.17) is 46.4 Å². The maximum atomic E-state index is 14.7. The number of halogens is 4. The van der Waals surface area contributed by atoms with Crippen LogP contribution in [-0.4, -0.2) is 57.6 Å². The fraction of sp³-hybridized carbons (Fsp3) is 0.464. The highest BCUT2D eigenvalue weighted by molar-refractivity contribution is 6.38. The molecule has 12 heteroatoms. The van der Waals surface area contributed by atoms with E-state index in [0.717, 1.165) is 0 Å². The minimum absolute atomic E-state index is 0.0372. The number of anilines is 2. The first-order valence-electron chi connectivity index (χ1n) is 12.8. The van der Waals surface area contributed by atoms with Crippen LogP contribution >= 0.6 is 46.4 Å². The van der Waals surface area contributed by atoms with Gasteiger partial charge in [-0.15, -0.1) is 0 Å². The zero-order chi connectivity index (χ0) is 29.5. The summed E-state index contributed by atoms with van der Waals surface area (Å²) in [6.07, 6.45) is 0.0749. The van der Waals surface area contributed by atoms with Crippen LogP contribution in [0.15, 0.2) is 30.3 Å². The van der Waals surface area contributed by atoms with Crippen LogP contribution in [0, 0.1) is 17.3 Å². The molecule has 2 amide bonds. The normalized spacial score (nSPS) is 29.4. The molecule has 214 valence electrons. The smallest absolute Gasteiger partial charge is 0.310 e. The first kappa shape index (κ1) is 29.4. The third-order valence-electron chi connectivity index (χ3n) is 7.90. The molecular formula is C28H29Cl4N3O5. The monoisotopic (exact) mass is 627 g/mol. The molecule has 1 unspecified atom stereocenters. The number of carboxylic acids is 1. The number of carbonyl (C=O) groups excluding carboxylic acids is 2. The molecule has 3 aliphatic rings. The lowest BCUT2D eigenvalue weighted by molar-refractivity contribution is -0.153. The van der Waals surface area contributed by atoms with Gasteiger partial charge >= 0.3 is 5.97 Å². The van der Waals surface area contributed by atoms with Crippen LogP contribution in [0.2, 0.25) is 20.1 Å². The van der Waals surface area contributed by atoms with Crippen LogP contribution in [0.3, 0.4) is 0 Å². The second kappa shape index (κ2) is 9.75. The van der Waals surface area contributed by atoms with Gasteiger partial charge in [-0.1, -0.05) is 67.2 Å². The Hall–Kier alpha value is -2.07. The number of aliphatic carboxylic acids is 1. The van der Waals surface area contributed by atoms with Crippen LogP contribution in [-0.2, 0) is 19.9 Å². The molecule has 5 rings (SSSR count). The topological polar surface area (TPSA) is 110 Å². The molecule has 0 aromatic heterocycles. The summed E-state index contributed by atoms with van der Waals surface area (Å²) in [5, 5.41) is 25.7. The predicted molar refractivity (Wildman–Crippen MR) is 155 cm³/mol. The van der Waals surface area contributed by atoms with E-state index in [9.17, 15) is 24.6 Å². The molecule has 3 aliphatic heterocycles. The lowest BCUT2D eigenvalue weighted by Gasteiger charge is -2.37. The average molecular weight is 629 g/mol. The molecular weight excluding hydrogens is 600 g/mol. The van der Waals surface area contributed by atoms with E-state index < -0.39 is 52.2 Å². The molecule has 1 spiro atoms. The summed E-state index contributed by atoms with van der Waals surface area (Å²) in [5.74, 6) is -5.22. The van der Waals surface area contributed by atoms with E-state index >= 15 is 0 Å². The largest absolute Gasteiger partial charge is 0.481 e. The number of aliphatic hydroxyl groups is 1. The fourth-order valence-corrected chi connectivity index (χ4v) is 7.74. The number of fused-ring (bicyclic) bond motifs is 4. The molecule has 3 heterocycles. The first-order valence-corrected chi connectivity index (χ1v) is 14.3. The Labute approximate surface area is 252 Å². The maximum absolute atomic E-state index is 14.7. The second-order valence-electron chi connectivity index (χ2n) is 12.4. The Bertz CT molecular complexity index is 1420. The average Bonchev–Trinajstić information content (AvgIpc) is 3.37. The number of rotatable bonds is 4. The number of benzene rings is 2. The Balaban J connectivity index is 1.74. The molecule has 40 heavy (non-hydrogen) atoms. The predicted octanol–water partition coefficient (Wildman–Crippen LogP) is 5.68. The molecule has 2 saturated heterocycles. The van der Waals surface area contributed by atoms with Gasteiger partial charge in [-0.2, -0.15) is 0 Å². The Morgan fingerprint density at radius 2 is 1.68 bits per heavy atom. The standard InChI is InChI=1S/C28H29Cl4N3O5/c1-26(2,3)11-34(16-6-13(29)5-14(30)7-16)23(36)20-19-10-27(4,40)12-35(19)28(21(20)24(37)38)17-8-15(31)9-18(32)22(17)33-25(28)39/h5-9,19-21,40H,10-12H2,1-4H3,(H,33,39)(H,37,38)/t19-,20?,21-,27+,28+/m1/s1. The van der Waals surface area contributed by atoms with Gasteiger partial charge in [0.05, 0.1) is 22.2 Å². The van der Waals surface area contributed by atoms with Crippen molar-refractivity contribution in [3.63, 3.8) is 0 Å². The number of nitrogens with one attached hydrogen (secondary N) is 1. The summed E-state index contributed by atoms with van der Waals surface area (Å²) in [5.41, 5.74) is -2.61. The minimum atomic E-state index is -1.83. The van der Waals surface area contributed by atoms with E-state index in [1.165, 1.54) is 17.0 Å². The van der Waals surface area contributed by atoms with Crippen molar-refractivity contribution in [2.45, 2.75) is 51.3 Å². The number of carboxylic acid groups (broad SMARTS) is 1. The van der Waals surface area contributed by atoms with Gasteiger partial charge in [0.2, 0.25) is 5.91 Å². The summed E-state index contributed by atoms with van der Waals surface area (Å²) < 4.78 is 0. The summed E-state index contributed by atoms with van der Waals surface area (Å²) in [4.78, 5) is 45.0. The number of nitrogens with zero attached hydrogens (tertiary/aromatic N) is 2. The van der Waals surface area contributed by atoms with Crippen molar-refractivity contribution in [2.24, 2.45) is 17.3 Å². The Morgan fingerprint density at radius 1 is 1.07 bits per heavy atom. The number of hydrogen-bond donors (Lipinski definition) is 3. The third-order valence-corrected chi connectivity index (χ3v) is 8.85. The summed E-state index contributed by atoms with van der Waals surface area (Å²) in [6, 6.07) is 6.92. The Morgan fingerprint density at radius 3 is 2.25 bits per heavy atom. The van der Waals surface area contributed by atoms with Crippen LogP contribution < -0.4 is 10.2 Å². The number of amides is 2. The van der Waals surface area contributed by atoms with Gasteiger partial charge in [0.25, 0.3) is 5.91 Å². The Kier molecular flexibility index (Phi) is 7.17. The molecule has 2 aromatic carbocycles. The van der Waals surface area contributed by atoms with Crippen molar-refractivity contribution in [2.75, 3.05) is 23.3 Å². The van der Waals surface area contributed by atoms with E-state index in [-0.39, 0.29) is 40.8 Å². The van der Waals surface area contributed by atoms with Gasteiger partial charge in [-0.3, -0.25) is 19.3 Å². The highest BCUT2D eigenvalue weighted by Crippen LogP contribution is 2.60. The molecule has 8 nitrogen and oxygen atoms in total. The third kappa shape index (κ3) is 4.67. The van der Waals surface area contributed by atoms with E-state index in [2.05, 4.69) is 5.32 Å². The summed E-state index contributed by atoms with van der Waals surface area (Å²) in [6.45, 7) is 7.62. The lowest BCUT2D eigenvalue weighted by Crippen LogP contribution is -2.55. The van der Waals surface area contributed by atoms with Gasteiger partial charge in [0.15, 0.2) is 0 Å². The molecule has 0 bridgehead atoms. The van der Waals surface area contributed by atoms with Gasteiger partial charge < -0.3 is 20.4 Å². The zero-order valence-electron chi connectivity index (χ0n) is 22.3. The first-order chi connectivity index (χ1) is 18.5. The van der Waals surface area contributed by atoms with Gasteiger partial charge in [0, 0.05) is 45.5 Å². The molecule has 0 radical (unpaired) electrons. The minimum Gasteiger partial charge on any atom is -0.481 e. The van der Waals surface area contributed by atoms with Crippen LogP contribution in [0.4, 0.5) is 11.4 Å². The fourth-order valence-electron chi connectivity index (χ4n) is 6.69. The number of carbonyl (C=O) groups is 3. The van der Waals surface area contributed by atoms with Crippen molar-refractivity contribution in [3.8, 4) is 0 Å². The van der Waals surface area contributed by atoms with Crippen molar-refractivity contribution in [1.82, 2.24) is 4.90 Å². The molecule has 3 N–H and O–H groups in total. The van der Waals surface area contributed by atoms with Crippen LogP contribution in [0.25, 0.3) is 0 Å². The summed E-state index contributed by atoms with van der Waals surface area (Å²) >= 11 is 25.4. The van der Waals surface area contributed by atoms with Crippen LogP contribution in [0.5, 0.6) is 0 Å². The second-order valence-corrected chi connectivity index (χ2v) is 14.1. The SMILES string of the molecule is CC(C)(C)CN(C(=O)C1[C@H]2C[C@](C)(O)CN2[C@]2(C(=O)Nc3c(Cl)cc(Cl)cc32)[C@H]1C(=O)O)c1cc(Cl)cc(Cl)c1. The summed E-state index contributed by atoms with van der Waals surface area (Å²) in [7, 11) is 0. The highest BCUT2D eigenvalue weighted by atomic mass is 35.5. The van der Waals surface area contributed by atoms with E-state index in [1.54, 1.807) is 30.0 Å². The highest BCUT2D eigenvalue weighted by Gasteiger charge is 2.73.